The summed E-state index contributed by atoms with van der Waals surface area (Å²) in [5, 5.41) is 10.9. The molecule has 0 unspecified atom stereocenters. The van der Waals surface area contributed by atoms with E-state index in [-0.39, 0.29) is 28.4 Å². The van der Waals surface area contributed by atoms with Crippen LogP contribution in [0.5, 0.6) is 0 Å². The maximum absolute atomic E-state index is 13.3. The third-order valence-electron chi connectivity index (χ3n) is 5.13. The first kappa shape index (κ1) is 19.9. The van der Waals surface area contributed by atoms with Gasteiger partial charge in [0, 0.05) is 49.9 Å². The molecule has 1 fully saturated rings. The number of carbonyl (C=O) groups excluding carboxylic acids is 1. The lowest BCUT2D eigenvalue weighted by atomic mass is 10.0. The van der Waals surface area contributed by atoms with Crippen molar-refractivity contribution in [1.82, 2.24) is 4.90 Å². The minimum absolute atomic E-state index is 0.0312. The van der Waals surface area contributed by atoms with Crippen LogP contribution in [0.3, 0.4) is 0 Å². The Morgan fingerprint density at radius 1 is 1.21 bits per heavy atom. The van der Waals surface area contributed by atoms with Gasteiger partial charge in [-0.15, -0.1) is 0 Å². The van der Waals surface area contributed by atoms with Crippen LogP contribution in [0.1, 0.15) is 31.7 Å². The summed E-state index contributed by atoms with van der Waals surface area (Å²) in [4.78, 5) is 27.1. The molecule has 0 spiro atoms. The Balaban J connectivity index is 1.65. The number of carbonyl (C=O) groups is 1. The number of nitro benzene ring substituents is 1. The van der Waals surface area contributed by atoms with Crippen LogP contribution in [0, 0.1) is 15.9 Å². The molecule has 0 atom stereocenters. The maximum atomic E-state index is 13.3. The van der Waals surface area contributed by atoms with Crippen molar-refractivity contribution in [3.63, 3.8) is 0 Å². The molecular weight excluding hydrogens is 361 g/mol. The molecule has 1 amide bonds. The molecule has 1 heterocycles. The molecule has 1 aliphatic heterocycles. The fraction of sp³-hybridized carbons (Fsp3) is 0.381. The zero-order valence-corrected chi connectivity index (χ0v) is 15.9. The first-order valence-corrected chi connectivity index (χ1v) is 9.51. The van der Waals surface area contributed by atoms with Gasteiger partial charge in [0.15, 0.2) is 0 Å². The molecule has 0 radical (unpaired) electrons. The van der Waals surface area contributed by atoms with Gasteiger partial charge in [0.25, 0.3) is 5.69 Å². The van der Waals surface area contributed by atoms with Crippen LogP contribution in [-0.2, 0) is 11.3 Å². The quantitative estimate of drug-likeness (QED) is 0.554. The molecule has 2 aromatic rings. The largest absolute Gasteiger partial charge is 0.309 e. The molecule has 6 nitrogen and oxygen atoms in total. The highest BCUT2D eigenvalue weighted by molar-refractivity contribution is 5.93. The highest BCUT2D eigenvalue weighted by Crippen LogP contribution is 2.26. The van der Waals surface area contributed by atoms with Gasteiger partial charge in [0.05, 0.1) is 4.92 Å². The first-order chi connectivity index (χ1) is 13.5. The summed E-state index contributed by atoms with van der Waals surface area (Å²) >= 11 is 0. The fourth-order valence-electron chi connectivity index (χ4n) is 3.69. The van der Waals surface area contributed by atoms with Gasteiger partial charge in [-0.3, -0.25) is 19.8 Å². The summed E-state index contributed by atoms with van der Waals surface area (Å²) < 4.78 is 13.3. The second-order valence-corrected chi connectivity index (χ2v) is 7.03. The topological polar surface area (TPSA) is 66.7 Å². The molecule has 28 heavy (non-hydrogen) atoms. The van der Waals surface area contributed by atoms with Gasteiger partial charge in [0.2, 0.25) is 5.91 Å². The molecule has 0 aromatic heterocycles. The molecular formula is C21H24FN3O3. The number of benzene rings is 2. The van der Waals surface area contributed by atoms with Gasteiger partial charge in [-0.25, -0.2) is 4.39 Å². The van der Waals surface area contributed by atoms with Gasteiger partial charge in [-0.05, 0) is 42.7 Å². The molecule has 0 saturated carbocycles. The standard InChI is InChI=1S/C21H24FN3O3/c1-2-21(26)24(18-8-6-17(22)7-9-18)19-10-12-23(13-11-19)15-16-4-3-5-20(14-16)25(27)28/h3-9,14,19H,2,10-13,15H2,1H3. The Morgan fingerprint density at radius 2 is 1.89 bits per heavy atom. The summed E-state index contributed by atoms with van der Waals surface area (Å²) in [7, 11) is 0. The van der Waals surface area contributed by atoms with Gasteiger partial charge in [0.1, 0.15) is 5.82 Å². The number of nitrogens with zero attached hydrogens (tertiary/aromatic N) is 3. The smallest absolute Gasteiger partial charge is 0.269 e. The maximum Gasteiger partial charge on any atom is 0.269 e. The van der Waals surface area contributed by atoms with Gasteiger partial charge >= 0.3 is 0 Å². The van der Waals surface area contributed by atoms with E-state index in [9.17, 15) is 19.3 Å². The zero-order valence-electron chi connectivity index (χ0n) is 15.9. The van der Waals surface area contributed by atoms with Crippen LogP contribution in [-0.4, -0.2) is 34.9 Å². The number of anilines is 1. The molecule has 0 aliphatic carbocycles. The lowest BCUT2D eigenvalue weighted by Gasteiger charge is -2.38. The van der Waals surface area contributed by atoms with E-state index in [1.807, 2.05) is 13.0 Å². The molecule has 3 rings (SSSR count). The monoisotopic (exact) mass is 385 g/mol. The van der Waals surface area contributed by atoms with Gasteiger partial charge < -0.3 is 4.90 Å². The lowest BCUT2D eigenvalue weighted by molar-refractivity contribution is -0.384. The number of non-ortho nitro benzene ring substituents is 1. The minimum atomic E-state index is -0.382. The number of nitro groups is 1. The van der Waals surface area contributed by atoms with E-state index >= 15 is 0 Å². The van der Waals surface area contributed by atoms with E-state index in [1.165, 1.54) is 18.2 Å². The summed E-state index contributed by atoms with van der Waals surface area (Å²) in [5.74, 6) is -0.289. The third-order valence-corrected chi connectivity index (χ3v) is 5.13. The van der Waals surface area contributed by atoms with Crippen molar-refractivity contribution in [3.05, 3.63) is 70.0 Å². The predicted octanol–water partition coefficient (Wildman–Crippen LogP) is 4.14. The first-order valence-electron chi connectivity index (χ1n) is 9.51. The average Bonchev–Trinajstić information content (AvgIpc) is 2.71. The third kappa shape index (κ3) is 4.72. The van der Waals surface area contributed by atoms with Crippen LogP contribution < -0.4 is 4.90 Å². The summed E-state index contributed by atoms with van der Waals surface area (Å²) in [6.07, 6.45) is 2.00. The second-order valence-electron chi connectivity index (χ2n) is 7.03. The number of hydrogen-bond acceptors (Lipinski definition) is 4. The normalized spacial score (nSPS) is 15.4. The van der Waals surface area contributed by atoms with Crippen molar-refractivity contribution in [3.8, 4) is 0 Å². The molecule has 2 aromatic carbocycles. The highest BCUT2D eigenvalue weighted by atomic mass is 19.1. The van der Waals surface area contributed by atoms with E-state index < -0.39 is 0 Å². The predicted molar refractivity (Wildman–Crippen MR) is 106 cm³/mol. The SMILES string of the molecule is CCC(=O)N(c1ccc(F)cc1)C1CCN(Cc2cccc([N+](=O)[O-])c2)CC1. The number of amides is 1. The van der Waals surface area contributed by atoms with Crippen molar-refractivity contribution in [2.75, 3.05) is 18.0 Å². The van der Waals surface area contributed by atoms with Crippen LogP contribution in [0.25, 0.3) is 0 Å². The Bertz CT molecular complexity index is 833. The highest BCUT2D eigenvalue weighted by Gasteiger charge is 2.28. The Labute approximate surface area is 163 Å². The number of hydrogen-bond donors (Lipinski definition) is 0. The van der Waals surface area contributed by atoms with Crippen molar-refractivity contribution in [1.29, 1.82) is 0 Å². The van der Waals surface area contributed by atoms with E-state index in [4.69, 9.17) is 0 Å². The Hall–Kier alpha value is -2.80. The summed E-state index contributed by atoms with van der Waals surface area (Å²) in [6.45, 7) is 4.06. The second kappa shape index (κ2) is 8.93. The van der Waals surface area contributed by atoms with Crippen molar-refractivity contribution in [2.24, 2.45) is 0 Å². The van der Waals surface area contributed by atoms with Crippen molar-refractivity contribution >= 4 is 17.3 Å². The summed E-state index contributed by atoms with van der Waals surface area (Å²) in [6, 6.07) is 12.8. The van der Waals surface area contributed by atoms with Crippen molar-refractivity contribution in [2.45, 2.75) is 38.8 Å². The number of likely N-dealkylation sites (tertiary alicyclic amines) is 1. The number of halogens is 1. The van der Waals surface area contributed by atoms with Crippen LogP contribution in [0.15, 0.2) is 48.5 Å². The number of piperidine rings is 1. The van der Waals surface area contributed by atoms with Crippen molar-refractivity contribution < 1.29 is 14.1 Å². The zero-order chi connectivity index (χ0) is 20.1. The summed E-state index contributed by atoms with van der Waals surface area (Å²) in [5.41, 5.74) is 1.74. The molecule has 0 N–H and O–H groups in total. The molecule has 1 aliphatic rings. The molecule has 148 valence electrons. The van der Waals surface area contributed by atoms with Gasteiger partial charge in [-0.2, -0.15) is 0 Å². The molecule has 7 heteroatoms. The average molecular weight is 385 g/mol. The van der Waals surface area contributed by atoms with Crippen LogP contribution >= 0.6 is 0 Å². The molecule has 1 saturated heterocycles. The van der Waals surface area contributed by atoms with Gasteiger partial charge in [-0.1, -0.05) is 19.1 Å². The fourth-order valence-corrected chi connectivity index (χ4v) is 3.69. The molecule has 0 bridgehead atoms. The van der Waals surface area contributed by atoms with E-state index in [1.54, 1.807) is 29.2 Å². The Kier molecular flexibility index (Phi) is 6.36. The number of rotatable bonds is 6. The van der Waals surface area contributed by atoms with Crippen LogP contribution in [0.4, 0.5) is 15.8 Å². The van der Waals surface area contributed by atoms with Crippen LogP contribution in [0.2, 0.25) is 0 Å². The minimum Gasteiger partial charge on any atom is -0.309 e. The lowest BCUT2D eigenvalue weighted by Crippen LogP contribution is -2.47. The van der Waals surface area contributed by atoms with E-state index in [2.05, 4.69) is 4.90 Å². The van der Waals surface area contributed by atoms with E-state index in [0.717, 1.165) is 37.2 Å². The van der Waals surface area contributed by atoms with E-state index in [0.29, 0.717) is 13.0 Å². The Morgan fingerprint density at radius 3 is 2.50 bits per heavy atom.